The molecule has 1 aliphatic heterocycles. The van der Waals surface area contributed by atoms with Crippen molar-refractivity contribution in [3.8, 4) is 17.2 Å². The van der Waals surface area contributed by atoms with Gasteiger partial charge in [-0.25, -0.2) is 4.39 Å². The minimum Gasteiger partial charge on any atom is -0.485 e. The van der Waals surface area contributed by atoms with Crippen LogP contribution in [0.3, 0.4) is 0 Å². The van der Waals surface area contributed by atoms with E-state index in [1.165, 1.54) is 12.1 Å². The van der Waals surface area contributed by atoms with E-state index >= 15 is 0 Å². The lowest BCUT2D eigenvalue weighted by Gasteiger charge is -2.57. The average molecular weight is 537 g/mol. The molecule has 2 N–H and O–H groups in total. The number of hydrogen-bond donors (Lipinski definition) is 2. The number of hydrogen-bond acceptors (Lipinski definition) is 5. The highest BCUT2D eigenvalue weighted by Gasteiger charge is 2.54. The Bertz CT molecular complexity index is 1180. The van der Waals surface area contributed by atoms with Gasteiger partial charge in [0.25, 0.3) is 11.8 Å². The number of carbonyl (C=O) groups is 2. The molecule has 4 aliphatic rings. The Morgan fingerprint density at radius 1 is 1.08 bits per heavy atom. The Labute approximate surface area is 218 Å². The molecule has 1 heterocycles. The second-order valence-electron chi connectivity index (χ2n) is 9.95. The fraction of sp³-hybridized carbons (Fsp3) is 0.462. The number of ether oxygens (including phenoxy) is 3. The first kappa shape index (κ1) is 25.0. The predicted octanol–water partition coefficient (Wildman–Crippen LogP) is 4.68. The Balaban J connectivity index is 1.16. The molecule has 0 spiro atoms. The number of halogens is 3. The summed E-state index contributed by atoms with van der Waals surface area (Å²) < 4.78 is 30.6. The fourth-order valence-electron chi connectivity index (χ4n) is 5.62. The molecule has 2 atom stereocenters. The second kappa shape index (κ2) is 9.63. The SMILES string of the molecule is C[C@H]1CC2(NC(=O)[C@H]3COc4cc(Cl)ccc4O3)CCC1(NC(=O)COc1ccc(Cl)c(F)c1)CC2. The molecule has 36 heavy (non-hydrogen) atoms. The van der Waals surface area contributed by atoms with Gasteiger partial charge < -0.3 is 24.8 Å². The summed E-state index contributed by atoms with van der Waals surface area (Å²) >= 11 is 11.7. The third-order valence-corrected chi connectivity index (χ3v) is 8.18. The van der Waals surface area contributed by atoms with Crippen molar-refractivity contribution in [2.24, 2.45) is 5.92 Å². The molecule has 0 unspecified atom stereocenters. The van der Waals surface area contributed by atoms with Gasteiger partial charge in [-0.3, -0.25) is 9.59 Å². The lowest BCUT2D eigenvalue weighted by Crippen LogP contribution is -2.68. The Hall–Kier alpha value is -2.71. The van der Waals surface area contributed by atoms with Crippen molar-refractivity contribution < 1.29 is 28.2 Å². The van der Waals surface area contributed by atoms with Gasteiger partial charge in [-0.2, -0.15) is 0 Å². The van der Waals surface area contributed by atoms with E-state index in [2.05, 4.69) is 17.6 Å². The molecule has 2 aromatic rings. The second-order valence-corrected chi connectivity index (χ2v) is 10.8. The first-order chi connectivity index (χ1) is 17.2. The highest BCUT2D eigenvalue weighted by molar-refractivity contribution is 6.31. The number of fused-ring (bicyclic) bond motifs is 4. The standard InChI is InChI=1S/C26H27Cl2FN2O5/c1-15-12-25(31-24(33)22-13-35-21-10-16(27)2-5-20(21)36-22)6-8-26(15,9-7-25)30-23(32)14-34-17-3-4-18(28)19(29)11-17/h2-5,10-11,15,22H,6-9,12-14H2,1H3,(H,30,32)(H,31,33)/t15-,22+,25?,26?/m0/s1. The molecule has 0 aromatic heterocycles. The predicted molar refractivity (Wildman–Crippen MR) is 132 cm³/mol. The molecule has 2 bridgehead atoms. The zero-order valence-electron chi connectivity index (χ0n) is 19.7. The van der Waals surface area contributed by atoms with Gasteiger partial charge in [0.1, 0.15) is 18.2 Å². The molecule has 3 saturated carbocycles. The minimum atomic E-state index is -0.744. The summed E-state index contributed by atoms with van der Waals surface area (Å²) in [6.45, 7) is 1.99. The highest BCUT2D eigenvalue weighted by atomic mass is 35.5. The monoisotopic (exact) mass is 536 g/mol. The van der Waals surface area contributed by atoms with Crippen LogP contribution in [0.1, 0.15) is 39.0 Å². The first-order valence-electron chi connectivity index (χ1n) is 12.0. The van der Waals surface area contributed by atoms with Crippen molar-refractivity contribution in [2.45, 2.75) is 56.2 Å². The van der Waals surface area contributed by atoms with Crippen LogP contribution in [0.25, 0.3) is 0 Å². The van der Waals surface area contributed by atoms with Crippen LogP contribution in [-0.4, -0.2) is 42.2 Å². The van der Waals surface area contributed by atoms with Gasteiger partial charge in [0, 0.05) is 28.2 Å². The van der Waals surface area contributed by atoms with E-state index in [1.54, 1.807) is 18.2 Å². The smallest absolute Gasteiger partial charge is 0.265 e. The third-order valence-electron chi connectivity index (χ3n) is 7.63. The van der Waals surface area contributed by atoms with Crippen molar-refractivity contribution in [1.29, 1.82) is 0 Å². The molecule has 3 fully saturated rings. The third kappa shape index (κ3) is 4.93. The molecule has 10 heteroatoms. The minimum absolute atomic E-state index is 0.00296. The van der Waals surface area contributed by atoms with Crippen molar-refractivity contribution in [2.75, 3.05) is 13.2 Å². The van der Waals surface area contributed by atoms with Gasteiger partial charge in [0.2, 0.25) is 6.10 Å². The molecule has 6 rings (SSSR count). The van der Waals surface area contributed by atoms with Gasteiger partial charge in [0.15, 0.2) is 18.1 Å². The van der Waals surface area contributed by atoms with Crippen LogP contribution in [0.4, 0.5) is 4.39 Å². The summed E-state index contributed by atoms with van der Waals surface area (Å²) in [5, 5.41) is 6.94. The van der Waals surface area contributed by atoms with Crippen LogP contribution >= 0.6 is 23.2 Å². The Morgan fingerprint density at radius 3 is 2.58 bits per heavy atom. The Morgan fingerprint density at radius 2 is 1.86 bits per heavy atom. The van der Waals surface area contributed by atoms with Crippen molar-refractivity contribution in [3.05, 3.63) is 52.3 Å². The topological polar surface area (TPSA) is 85.9 Å². The maximum atomic E-state index is 13.6. The lowest BCUT2D eigenvalue weighted by molar-refractivity contribution is -0.137. The van der Waals surface area contributed by atoms with E-state index < -0.39 is 11.9 Å². The van der Waals surface area contributed by atoms with Gasteiger partial charge in [-0.05, 0) is 62.3 Å². The van der Waals surface area contributed by atoms with Gasteiger partial charge in [-0.1, -0.05) is 30.1 Å². The van der Waals surface area contributed by atoms with Crippen LogP contribution in [-0.2, 0) is 9.59 Å². The first-order valence-corrected chi connectivity index (χ1v) is 12.7. The molecule has 0 saturated heterocycles. The Kier molecular flexibility index (Phi) is 6.68. The van der Waals surface area contributed by atoms with E-state index in [-0.39, 0.29) is 52.8 Å². The molecular formula is C26H27Cl2FN2O5. The fourth-order valence-corrected chi connectivity index (χ4v) is 5.90. The molecule has 3 aliphatic carbocycles. The van der Waals surface area contributed by atoms with Gasteiger partial charge in [0.05, 0.1) is 5.02 Å². The molecule has 2 aromatic carbocycles. The molecule has 7 nitrogen and oxygen atoms in total. The summed E-state index contributed by atoms with van der Waals surface area (Å²) in [4.78, 5) is 25.8. The maximum Gasteiger partial charge on any atom is 0.265 e. The summed E-state index contributed by atoms with van der Waals surface area (Å²) in [6.07, 6.45) is 2.95. The van der Waals surface area contributed by atoms with Crippen LogP contribution in [0, 0.1) is 11.7 Å². The highest BCUT2D eigenvalue weighted by Crippen LogP contribution is 2.50. The summed E-state index contributed by atoms with van der Waals surface area (Å²) in [6, 6.07) is 9.12. The summed E-state index contributed by atoms with van der Waals surface area (Å²) in [7, 11) is 0. The van der Waals surface area contributed by atoms with Crippen molar-refractivity contribution in [3.63, 3.8) is 0 Å². The number of benzene rings is 2. The number of carbonyl (C=O) groups excluding carboxylic acids is 2. The van der Waals surface area contributed by atoms with Gasteiger partial charge in [-0.15, -0.1) is 0 Å². The zero-order valence-corrected chi connectivity index (χ0v) is 21.3. The average Bonchev–Trinajstić information content (AvgIpc) is 2.85. The van der Waals surface area contributed by atoms with E-state index in [0.717, 1.165) is 38.2 Å². The van der Waals surface area contributed by atoms with Crippen molar-refractivity contribution >= 4 is 35.0 Å². The van der Waals surface area contributed by atoms with Crippen LogP contribution in [0.2, 0.25) is 10.0 Å². The van der Waals surface area contributed by atoms with Crippen LogP contribution in [0.5, 0.6) is 17.2 Å². The van der Waals surface area contributed by atoms with E-state index in [0.29, 0.717) is 16.5 Å². The molecule has 2 amide bonds. The maximum absolute atomic E-state index is 13.6. The lowest BCUT2D eigenvalue weighted by atomic mass is 9.56. The molecule has 0 radical (unpaired) electrons. The molecular weight excluding hydrogens is 510 g/mol. The molecule has 192 valence electrons. The number of nitrogens with one attached hydrogen (secondary N) is 2. The largest absolute Gasteiger partial charge is 0.485 e. The van der Waals surface area contributed by atoms with Crippen LogP contribution in [0.15, 0.2) is 36.4 Å². The number of amides is 2. The normalized spacial score (nSPS) is 28.3. The van der Waals surface area contributed by atoms with Gasteiger partial charge >= 0.3 is 0 Å². The van der Waals surface area contributed by atoms with E-state index in [9.17, 15) is 14.0 Å². The van der Waals surface area contributed by atoms with Crippen molar-refractivity contribution in [1.82, 2.24) is 10.6 Å². The summed E-state index contributed by atoms with van der Waals surface area (Å²) in [5.41, 5.74) is -0.704. The van der Waals surface area contributed by atoms with E-state index in [1.807, 2.05) is 0 Å². The summed E-state index contributed by atoms with van der Waals surface area (Å²) in [5.74, 6) is 0.342. The van der Waals surface area contributed by atoms with E-state index in [4.69, 9.17) is 37.4 Å². The zero-order chi connectivity index (χ0) is 25.5. The quantitative estimate of drug-likeness (QED) is 0.560. The van der Waals surface area contributed by atoms with Crippen LogP contribution < -0.4 is 24.8 Å². The number of rotatable bonds is 6.